The molecule has 1 atom stereocenters. The molecule has 2 fully saturated rings. The highest BCUT2D eigenvalue weighted by atomic mass is 35.5. The summed E-state index contributed by atoms with van der Waals surface area (Å²) in [7, 11) is 0. The molecule has 27 heavy (non-hydrogen) atoms. The van der Waals surface area contributed by atoms with Crippen molar-refractivity contribution >= 4 is 34.9 Å². The third kappa shape index (κ3) is 3.76. The normalized spacial score (nSPS) is 20.3. The summed E-state index contributed by atoms with van der Waals surface area (Å²) >= 11 is 6.03. The van der Waals surface area contributed by atoms with Crippen molar-refractivity contribution in [3.05, 3.63) is 53.7 Å². The number of aromatic nitrogens is 1. The number of carbonyl (C=O) groups excluding carboxylic acids is 2. The average molecular weight is 385 g/mol. The zero-order chi connectivity index (χ0) is 18.8. The molecule has 7 heteroatoms. The molecule has 2 aliphatic heterocycles. The molecular formula is C20H21ClN4O2. The molecule has 1 aromatic heterocycles. The first-order valence-corrected chi connectivity index (χ1v) is 9.50. The van der Waals surface area contributed by atoms with E-state index in [2.05, 4.69) is 9.88 Å². The largest absolute Gasteiger partial charge is 0.353 e. The fourth-order valence-electron chi connectivity index (χ4n) is 3.72. The van der Waals surface area contributed by atoms with E-state index in [0.29, 0.717) is 24.7 Å². The topological polar surface area (TPSA) is 56.8 Å². The van der Waals surface area contributed by atoms with Gasteiger partial charge in [-0.25, -0.2) is 4.98 Å². The van der Waals surface area contributed by atoms with Crippen LogP contribution in [0.25, 0.3) is 0 Å². The lowest BCUT2D eigenvalue weighted by molar-refractivity contribution is -0.136. The van der Waals surface area contributed by atoms with E-state index in [4.69, 9.17) is 11.6 Å². The maximum atomic E-state index is 12.9. The van der Waals surface area contributed by atoms with Crippen LogP contribution in [0.3, 0.4) is 0 Å². The lowest BCUT2D eigenvalue weighted by atomic mass is 10.1. The molecule has 0 saturated carbocycles. The van der Waals surface area contributed by atoms with Crippen LogP contribution in [0.5, 0.6) is 0 Å². The van der Waals surface area contributed by atoms with E-state index < -0.39 is 0 Å². The van der Waals surface area contributed by atoms with Crippen molar-refractivity contribution in [1.82, 2.24) is 9.88 Å². The molecule has 0 aliphatic carbocycles. The highest BCUT2D eigenvalue weighted by Crippen LogP contribution is 2.28. The van der Waals surface area contributed by atoms with E-state index >= 15 is 0 Å². The van der Waals surface area contributed by atoms with Gasteiger partial charge in [0, 0.05) is 56.1 Å². The van der Waals surface area contributed by atoms with Crippen LogP contribution in [0.4, 0.5) is 11.5 Å². The third-order valence-corrected chi connectivity index (χ3v) is 5.39. The first kappa shape index (κ1) is 17.8. The number of piperazine rings is 1. The van der Waals surface area contributed by atoms with Gasteiger partial charge in [-0.1, -0.05) is 23.7 Å². The molecule has 4 rings (SSSR count). The number of hydrogen-bond acceptors (Lipinski definition) is 4. The SMILES string of the molecule is O=C(C1CC(=O)N(c2cccc(Cl)c2)C1)N1CCN(c2ccccn2)CC1. The first-order chi connectivity index (χ1) is 13.1. The molecule has 6 nitrogen and oxygen atoms in total. The molecule has 0 radical (unpaired) electrons. The standard InChI is InChI=1S/C20H21ClN4O2/c21-16-4-3-5-17(13-16)25-14-15(12-19(25)26)20(27)24-10-8-23(9-11-24)18-6-1-2-7-22-18/h1-7,13,15H,8-12,14H2. The smallest absolute Gasteiger partial charge is 0.228 e. The number of pyridine rings is 1. The molecule has 1 aromatic carbocycles. The monoisotopic (exact) mass is 384 g/mol. The van der Waals surface area contributed by atoms with Crippen LogP contribution in [0.15, 0.2) is 48.7 Å². The Kier molecular flexibility index (Phi) is 4.99. The Labute approximate surface area is 163 Å². The van der Waals surface area contributed by atoms with E-state index in [0.717, 1.165) is 24.6 Å². The summed E-state index contributed by atoms with van der Waals surface area (Å²) in [5, 5.41) is 0.584. The van der Waals surface area contributed by atoms with Crippen LogP contribution in [0, 0.1) is 5.92 Å². The Morgan fingerprint density at radius 3 is 2.59 bits per heavy atom. The van der Waals surface area contributed by atoms with E-state index in [9.17, 15) is 9.59 Å². The Morgan fingerprint density at radius 1 is 1.07 bits per heavy atom. The van der Waals surface area contributed by atoms with Crippen LogP contribution < -0.4 is 9.80 Å². The van der Waals surface area contributed by atoms with Gasteiger partial charge in [0.25, 0.3) is 0 Å². The number of amides is 2. The number of hydrogen-bond donors (Lipinski definition) is 0. The van der Waals surface area contributed by atoms with E-state index in [-0.39, 0.29) is 24.2 Å². The average Bonchev–Trinajstić information content (AvgIpc) is 3.10. The van der Waals surface area contributed by atoms with Gasteiger partial charge in [-0.2, -0.15) is 0 Å². The van der Waals surface area contributed by atoms with E-state index in [1.807, 2.05) is 35.2 Å². The Bertz CT molecular complexity index is 837. The van der Waals surface area contributed by atoms with E-state index in [1.54, 1.807) is 23.2 Å². The minimum atomic E-state index is -0.294. The van der Waals surface area contributed by atoms with Gasteiger partial charge in [-0.15, -0.1) is 0 Å². The quantitative estimate of drug-likeness (QED) is 0.815. The van der Waals surface area contributed by atoms with Gasteiger partial charge in [0.15, 0.2) is 0 Å². The van der Waals surface area contributed by atoms with Gasteiger partial charge >= 0.3 is 0 Å². The molecule has 3 heterocycles. The summed E-state index contributed by atoms with van der Waals surface area (Å²) in [6.45, 7) is 3.22. The molecule has 140 valence electrons. The number of nitrogens with zero attached hydrogens (tertiary/aromatic N) is 4. The maximum absolute atomic E-state index is 12.9. The molecule has 1 unspecified atom stereocenters. The van der Waals surface area contributed by atoms with Crippen LogP contribution in [0.2, 0.25) is 5.02 Å². The van der Waals surface area contributed by atoms with Crippen LogP contribution in [0.1, 0.15) is 6.42 Å². The predicted molar refractivity (Wildman–Crippen MR) is 105 cm³/mol. The minimum Gasteiger partial charge on any atom is -0.353 e. The molecule has 0 spiro atoms. The van der Waals surface area contributed by atoms with Gasteiger partial charge in [-0.05, 0) is 30.3 Å². The molecule has 0 bridgehead atoms. The van der Waals surface area contributed by atoms with Gasteiger partial charge < -0.3 is 14.7 Å². The van der Waals surface area contributed by atoms with Crippen molar-refractivity contribution in [3.8, 4) is 0 Å². The van der Waals surface area contributed by atoms with Crippen molar-refractivity contribution < 1.29 is 9.59 Å². The number of carbonyl (C=O) groups is 2. The zero-order valence-corrected chi connectivity index (χ0v) is 15.7. The van der Waals surface area contributed by atoms with E-state index in [1.165, 1.54) is 0 Å². The zero-order valence-electron chi connectivity index (χ0n) is 14.9. The lowest BCUT2D eigenvalue weighted by Crippen LogP contribution is -2.51. The molecule has 0 N–H and O–H groups in total. The molecule has 2 saturated heterocycles. The minimum absolute atomic E-state index is 0.0252. The summed E-state index contributed by atoms with van der Waals surface area (Å²) in [5.41, 5.74) is 0.753. The Balaban J connectivity index is 1.37. The molecule has 2 aromatic rings. The fraction of sp³-hybridized carbons (Fsp3) is 0.350. The van der Waals surface area contributed by atoms with Crippen LogP contribution in [-0.4, -0.2) is 54.4 Å². The van der Waals surface area contributed by atoms with Gasteiger partial charge in [0.2, 0.25) is 11.8 Å². The molecular weight excluding hydrogens is 364 g/mol. The Morgan fingerprint density at radius 2 is 1.89 bits per heavy atom. The highest BCUT2D eigenvalue weighted by Gasteiger charge is 2.38. The van der Waals surface area contributed by atoms with Crippen molar-refractivity contribution in [3.63, 3.8) is 0 Å². The number of anilines is 2. The fourth-order valence-corrected chi connectivity index (χ4v) is 3.91. The lowest BCUT2D eigenvalue weighted by Gasteiger charge is -2.36. The summed E-state index contributed by atoms with van der Waals surface area (Å²) in [5.74, 6) is 0.682. The van der Waals surface area contributed by atoms with Gasteiger partial charge in [0.1, 0.15) is 5.82 Å². The van der Waals surface area contributed by atoms with Crippen LogP contribution in [-0.2, 0) is 9.59 Å². The second-order valence-electron chi connectivity index (χ2n) is 6.89. The summed E-state index contributed by atoms with van der Waals surface area (Å²) in [6, 6.07) is 13.0. The number of rotatable bonds is 3. The summed E-state index contributed by atoms with van der Waals surface area (Å²) in [4.78, 5) is 35.4. The predicted octanol–water partition coefficient (Wildman–Crippen LogP) is 2.44. The summed E-state index contributed by atoms with van der Waals surface area (Å²) in [6.07, 6.45) is 2.03. The number of benzene rings is 1. The van der Waals surface area contributed by atoms with Crippen molar-refractivity contribution in [1.29, 1.82) is 0 Å². The number of halogens is 1. The van der Waals surface area contributed by atoms with Crippen molar-refractivity contribution in [2.75, 3.05) is 42.5 Å². The summed E-state index contributed by atoms with van der Waals surface area (Å²) < 4.78 is 0. The third-order valence-electron chi connectivity index (χ3n) is 5.16. The maximum Gasteiger partial charge on any atom is 0.228 e. The van der Waals surface area contributed by atoms with Crippen molar-refractivity contribution in [2.24, 2.45) is 5.92 Å². The second kappa shape index (κ2) is 7.56. The second-order valence-corrected chi connectivity index (χ2v) is 7.32. The first-order valence-electron chi connectivity index (χ1n) is 9.12. The van der Waals surface area contributed by atoms with Gasteiger partial charge in [-0.3, -0.25) is 9.59 Å². The van der Waals surface area contributed by atoms with Gasteiger partial charge in [0.05, 0.1) is 5.92 Å². The molecule has 2 amide bonds. The van der Waals surface area contributed by atoms with Crippen molar-refractivity contribution in [2.45, 2.75) is 6.42 Å². The Hall–Kier alpha value is -2.60. The molecule has 2 aliphatic rings. The highest BCUT2D eigenvalue weighted by molar-refractivity contribution is 6.31. The van der Waals surface area contributed by atoms with Crippen LogP contribution >= 0.6 is 11.6 Å².